The first-order chi connectivity index (χ1) is 12.2. The molecule has 1 saturated heterocycles. The zero-order chi connectivity index (χ0) is 17.2. The first-order valence-corrected chi connectivity index (χ1v) is 8.98. The van der Waals surface area contributed by atoms with Crippen molar-refractivity contribution < 1.29 is 9.90 Å². The molecular weight excluding hydrogens is 314 g/mol. The number of aliphatic hydroxyl groups excluding tert-OH is 1. The van der Waals surface area contributed by atoms with Gasteiger partial charge in [-0.15, -0.1) is 0 Å². The minimum absolute atomic E-state index is 0.0237. The fraction of sp³-hybridized carbons (Fsp3) is 0.400. The standard InChI is InChI=1S/C20H23N3O2/c24-18-9-12-23(14-16-5-1-2-6-17(16)18)20(25)15-7-8-19(21-13-15)22-10-3-4-11-22/h1-2,5-8,13,18,24H,3-4,9-12,14H2. The molecule has 1 atom stereocenters. The molecule has 0 spiro atoms. The average Bonchev–Trinajstić information content (AvgIpc) is 3.14. The average molecular weight is 337 g/mol. The third kappa shape index (κ3) is 3.24. The highest BCUT2D eigenvalue weighted by Gasteiger charge is 2.24. The van der Waals surface area contributed by atoms with Crippen molar-refractivity contribution in [1.29, 1.82) is 0 Å². The number of fused-ring (bicyclic) bond motifs is 1. The van der Waals surface area contributed by atoms with Gasteiger partial charge in [0.2, 0.25) is 0 Å². The molecule has 130 valence electrons. The second kappa shape index (κ2) is 6.84. The van der Waals surface area contributed by atoms with Crippen molar-refractivity contribution in [2.24, 2.45) is 0 Å². The molecule has 1 fully saturated rings. The minimum Gasteiger partial charge on any atom is -0.388 e. The van der Waals surface area contributed by atoms with Gasteiger partial charge < -0.3 is 14.9 Å². The molecule has 0 aliphatic carbocycles. The Bertz CT molecular complexity index is 754. The molecule has 5 nitrogen and oxygen atoms in total. The summed E-state index contributed by atoms with van der Waals surface area (Å²) < 4.78 is 0. The smallest absolute Gasteiger partial charge is 0.255 e. The van der Waals surface area contributed by atoms with Gasteiger partial charge in [-0.05, 0) is 42.5 Å². The summed E-state index contributed by atoms with van der Waals surface area (Å²) in [6, 6.07) is 11.6. The molecule has 4 rings (SSSR count). The summed E-state index contributed by atoms with van der Waals surface area (Å²) in [7, 11) is 0. The van der Waals surface area contributed by atoms with Crippen LogP contribution in [0.15, 0.2) is 42.6 Å². The molecule has 1 unspecified atom stereocenters. The molecule has 0 saturated carbocycles. The van der Waals surface area contributed by atoms with E-state index in [4.69, 9.17) is 0 Å². The van der Waals surface area contributed by atoms with Crippen molar-refractivity contribution in [3.63, 3.8) is 0 Å². The lowest BCUT2D eigenvalue weighted by Gasteiger charge is -2.21. The molecule has 1 aromatic carbocycles. The molecule has 5 heteroatoms. The van der Waals surface area contributed by atoms with Gasteiger partial charge in [-0.1, -0.05) is 24.3 Å². The first-order valence-electron chi connectivity index (χ1n) is 8.98. The highest BCUT2D eigenvalue weighted by Crippen LogP contribution is 2.27. The number of benzene rings is 1. The van der Waals surface area contributed by atoms with Gasteiger partial charge in [-0.3, -0.25) is 4.79 Å². The third-order valence-corrected chi connectivity index (χ3v) is 5.16. The van der Waals surface area contributed by atoms with Crippen molar-refractivity contribution in [3.05, 3.63) is 59.3 Å². The van der Waals surface area contributed by atoms with Gasteiger partial charge in [0.1, 0.15) is 5.82 Å². The van der Waals surface area contributed by atoms with Crippen LogP contribution in [0.5, 0.6) is 0 Å². The van der Waals surface area contributed by atoms with Gasteiger partial charge in [-0.2, -0.15) is 0 Å². The van der Waals surface area contributed by atoms with E-state index in [1.165, 1.54) is 12.8 Å². The van der Waals surface area contributed by atoms with Gasteiger partial charge in [0.15, 0.2) is 0 Å². The van der Waals surface area contributed by atoms with Crippen LogP contribution in [0, 0.1) is 0 Å². The first kappa shape index (κ1) is 16.1. The number of pyridine rings is 1. The van der Waals surface area contributed by atoms with E-state index in [1.54, 1.807) is 6.20 Å². The van der Waals surface area contributed by atoms with Crippen LogP contribution >= 0.6 is 0 Å². The van der Waals surface area contributed by atoms with E-state index in [0.29, 0.717) is 25.1 Å². The molecule has 1 N–H and O–H groups in total. The summed E-state index contributed by atoms with van der Waals surface area (Å²) in [6.45, 7) is 3.16. The lowest BCUT2D eigenvalue weighted by Crippen LogP contribution is -2.31. The van der Waals surface area contributed by atoms with Gasteiger partial charge in [0, 0.05) is 32.4 Å². The molecule has 0 bridgehead atoms. The van der Waals surface area contributed by atoms with E-state index in [0.717, 1.165) is 30.0 Å². The fourth-order valence-electron chi connectivity index (χ4n) is 3.72. The van der Waals surface area contributed by atoms with Crippen LogP contribution < -0.4 is 4.90 Å². The number of amides is 1. The molecule has 2 aliphatic rings. The van der Waals surface area contributed by atoms with Crippen LogP contribution in [0.1, 0.15) is 46.9 Å². The lowest BCUT2D eigenvalue weighted by atomic mass is 10.0. The number of nitrogens with zero attached hydrogens (tertiary/aromatic N) is 3. The number of anilines is 1. The van der Waals surface area contributed by atoms with Gasteiger partial charge in [0.25, 0.3) is 5.91 Å². The Morgan fingerprint density at radius 1 is 1.08 bits per heavy atom. The maximum Gasteiger partial charge on any atom is 0.255 e. The van der Waals surface area contributed by atoms with Crippen LogP contribution in [0.2, 0.25) is 0 Å². The monoisotopic (exact) mass is 337 g/mol. The summed E-state index contributed by atoms with van der Waals surface area (Å²) in [6.07, 6.45) is 4.14. The maximum atomic E-state index is 12.9. The Morgan fingerprint density at radius 2 is 1.88 bits per heavy atom. The van der Waals surface area contributed by atoms with Crippen molar-refractivity contribution in [2.45, 2.75) is 31.9 Å². The van der Waals surface area contributed by atoms with E-state index in [9.17, 15) is 9.90 Å². The largest absolute Gasteiger partial charge is 0.388 e. The quantitative estimate of drug-likeness (QED) is 0.915. The Labute approximate surface area is 147 Å². The van der Waals surface area contributed by atoms with E-state index in [2.05, 4.69) is 9.88 Å². The number of rotatable bonds is 2. The second-order valence-electron chi connectivity index (χ2n) is 6.83. The van der Waals surface area contributed by atoms with E-state index in [-0.39, 0.29) is 5.91 Å². The number of carbonyl (C=O) groups excluding carboxylic acids is 1. The summed E-state index contributed by atoms with van der Waals surface area (Å²) in [5.74, 6) is 0.926. The van der Waals surface area contributed by atoms with Crippen molar-refractivity contribution >= 4 is 11.7 Å². The SMILES string of the molecule is O=C(c1ccc(N2CCCC2)nc1)N1CCC(O)c2ccccc2C1. The molecule has 3 heterocycles. The van der Waals surface area contributed by atoms with Crippen molar-refractivity contribution in [2.75, 3.05) is 24.5 Å². The molecule has 25 heavy (non-hydrogen) atoms. The van der Waals surface area contributed by atoms with Crippen LogP contribution in [-0.4, -0.2) is 40.5 Å². The summed E-state index contributed by atoms with van der Waals surface area (Å²) >= 11 is 0. The van der Waals surface area contributed by atoms with Gasteiger partial charge >= 0.3 is 0 Å². The van der Waals surface area contributed by atoms with Crippen LogP contribution in [0.4, 0.5) is 5.82 Å². The maximum absolute atomic E-state index is 12.9. The zero-order valence-electron chi connectivity index (χ0n) is 14.3. The minimum atomic E-state index is -0.510. The zero-order valence-corrected chi connectivity index (χ0v) is 14.3. The Hall–Kier alpha value is -2.40. The summed E-state index contributed by atoms with van der Waals surface area (Å²) in [5.41, 5.74) is 2.56. The number of hydrogen-bond donors (Lipinski definition) is 1. The Kier molecular flexibility index (Phi) is 4.40. The second-order valence-corrected chi connectivity index (χ2v) is 6.83. The van der Waals surface area contributed by atoms with E-state index < -0.39 is 6.10 Å². The Morgan fingerprint density at radius 3 is 2.64 bits per heavy atom. The van der Waals surface area contributed by atoms with Crippen LogP contribution in [0.3, 0.4) is 0 Å². The number of aliphatic hydroxyl groups is 1. The van der Waals surface area contributed by atoms with Crippen molar-refractivity contribution in [3.8, 4) is 0 Å². The fourth-order valence-corrected chi connectivity index (χ4v) is 3.72. The molecule has 2 aliphatic heterocycles. The highest BCUT2D eigenvalue weighted by atomic mass is 16.3. The topological polar surface area (TPSA) is 56.7 Å². The molecule has 1 amide bonds. The van der Waals surface area contributed by atoms with Crippen molar-refractivity contribution in [1.82, 2.24) is 9.88 Å². The van der Waals surface area contributed by atoms with E-state index >= 15 is 0 Å². The highest BCUT2D eigenvalue weighted by molar-refractivity contribution is 5.94. The Balaban J connectivity index is 1.52. The van der Waals surface area contributed by atoms with E-state index in [1.807, 2.05) is 41.3 Å². The number of hydrogen-bond acceptors (Lipinski definition) is 4. The summed E-state index contributed by atoms with van der Waals surface area (Å²) in [5, 5.41) is 10.3. The lowest BCUT2D eigenvalue weighted by molar-refractivity contribution is 0.0722. The predicted molar refractivity (Wildman–Crippen MR) is 96.4 cm³/mol. The van der Waals surface area contributed by atoms with Crippen LogP contribution in [0.25, 0.3) is 0 Å². The van der Waals surface area contributed by atoms with Gasteiger partial charge in [0.05, 0.1) is 11.7 Å². The molecular formula is C20H23N3O2. The number of carbonyl (C=O) groups is 1. The van der Waals surface area contributed by atoms with Gasteiger partial charge in [-0.25, -0.2) is 4.98 Å². The summed E-state index contributed by atoms with van der Waals surface area (Å²) in [4.78, 5) is 21.4. The molecule has 2 aromatic rings. The third-order valence-electron chi connectivity index (χ3n) is 5.16. The molecule has 0 radical (unpaired) electrons. The normalized spacial score (nSPS) is 20.3. The predicted octanol–water partition coefficient (Wildman–Crippen LogP) is 2.76. The van der Waals surface area contributed by atoms with Crippen LogP contribution in [-0.2, 0) is 6.54 Å². The number of aromatic nitrogens is 1. The molecule has 1 aromatic heterocycles.